The first-order chi connectivity index (χ1) is 16.0. The molecule has 33 heavy (non-hydrogen) atoms. The molecule has 4 aromatic rings. The minimum atomic E-state index is -0.452. The summed E-state index contributed by atoms with van der Waals surface area (Å²) in [5.74, 6) is 0.496. The lowest BCUT2D eigenvalue weighted by atomic mass is 9.94. The van der Waals surface area contributed by atoms with Gasteiger partial charge in [0.25, 0.3) is 5.89 Å². The molecule has 0 fully saturated rings. The van der Waals surface area contributed by atoms with Gasteiger partial charge < -0.3 is 19.2 Å². The van der Waals surface area contributed by atoms with Crippen molar-refractivity contribution in [2.75, 3.05) is 0 Å². The number of thiocarbonyl (C=S) groups is 1. The third kappa shape index (κ3) is 4.14. The smallest absolute Gasteiger partial charge is 0.258 e. The van der Waals surface area contributed by atoms with Gasteiger partial charge in [-0.25, -0.2) is 8.78 Å². The highest BCUT2D eigenvalue weighted by Crippen LogP contribution is 2.38. The van der Waals surface area contributed by atoms with Crippen LogP contribution in [0.25, 0.3) is 17.0 Å². The summed E-state index contributed by atoms with van der Waals surface area (Å²) in [6, 6.07) is 15.3. The molecule has 0 aliphatic carbocycles. The topological polar surface area (TPSA) is 67.3 Å². The number of benzene rings is 2. The molecule has 1 N–H and O–H groups in total. The SMILES string of the molecule is CC1=C(c2nc(-c3cccc(F)c3)no2)C(c2ccc(F)cc2)NC(=S)N1Cc1ccco1. The maximum Gasteiger partial charge on any atom is 0.258 e. The molecule has 2 aromatic carbocycles. The average Bonchev–Trinajstić information content (AvgIpc) is 3.49. The molecule has 0 radical (unpaired) electrons. The molecule has 166 valence electrons. The van der Waals surface area contributed by atoms with Gasteiger partial charge in [0.2, 0.25) is 5.82 Å². The van der Waals surface area contributed by atoms with Crippen LogP contribution in [0.1, 0.15) is 30.2 Å². The lowest BCUT2D eigenvalue weighted by Gasteiger charge is -2.37. The predicted octanol–water partition coefficient (Wildman–Crippen LogP) is 5.47. The minimum absolute atomic E-state index is 0.250. The average molecular weight is 464 g/mol. The fraction of sp³-hybridized carbons (Fsp3) is 0.125. The van der Waals surface area contributed by atoms with Gasteiger partial charge in [-0.15, -0.1) is 0 Å². The molecule has 1 atom stereocenters. The van der Waals surface area contributed by atoms with E-state index < -0.39 is 11.9 Å². The zero-order valence-electron chi connectivity index (χ0n) is 17.5. The summed E-state index contributed by atoms with van der Waals surface area (Å²) in [6.45, 7) is 2.29. The molecule has 0 spiro atoms. The van der Waals surface area contributed by atoms with Crippen LogP contribution in [0.15, 0.2) is 81.6 Å². The van der Waals surface area contributed by atoms with Crippen molar-refractivity contribution in [2.45, 2.75) is 19.5 Å². The van der Waals surface area contributed by atoms with Crippen molar-refractivity contribution in [1.29, 1.82) is 0 Å². The van der Waals surface area contributed by atoms with Gasteiger partial charge in [-0.1, -0.05) is 29.4 Å². The third-order valence-corrected chi connectivity index (χ3v) is 5.77. The van der Waals surface area contributed by atoms with Crippen LogP contribution in [0.5, 0.6) is 0 Å². The van der Waals surface area contributed by atoms with Crippen LogP contribution in [-0.4, -0.2) is 20.2 Å². The Morgan fingerprint density at radius 2 is 1.88 bits per heavy atom. The molecular formula is C24H18F2N4O2S. The van der Waals surface area contributed by atoms with Gasteiger partial charge >= 0.3 is 0 Å². The Morgan fingerprint density at radius 1 is 1.06 bits per heavy atom. The Bertz CT molecular complexity index is 1330. The first kappa shape index (κ1) is 21.0. The number of hydrogen-bond acceptors (Lipinski definition) is 5. The lowest BCUT2D eigenvalue weighted by Crippen LogP contribution is -2.45. The van der Waals surface area contributed by atoms with E-state index in [1.165, 1.54) is 24.3 Å². The van der Waals surface area contributed by atoms with E-state index in [-0.39, 0.29) is 17.5 Å². The van der Waals surface area contributed by atoms with E-state index in [1.807, 2.05) is 17.9 Å². The Kier molecular flexibility index (Phi) is 5.47. The number of halogens is 2. The summed E-state index contributed by atoms with van der Waals surface area (Å²) < 4.78 is 38.4. The fourth-order valence-corrected chi connectivity index (χ4v) is 4.11. The van der Waals surface area contributed by atoms with Crippen LogP contribution in [-0.2, 0) is 6.54 Å². The fourth-order valence-electron chi connectivity index (χ4n) is 3.79. The molecule has 1 aliphatic rings. The van der Waals surface area contributed by atoms with Crippen LogP contribution in [0.3, 0.4) is 0 Å². The van der Waals surface area contributed by atoms with E-state index in [0.29, 0.717) is 22.8 Å². The number of rotatable bonds is 5. The Balaban J connectivity index is 1.60. The normalized spacial score (nSPS) is 16.3. The molecule has 9 heteroatoms. The summed E-state index contributed by atoms with van der Waals surface area (Å²) in [4.78, 5) is 6.41. The van der Waals surface area contributed by atoms with Crippen molar-refractivity contribution < 1.29 is 17.7 Å². The first-order valence-electron chi connectivity index (χ1n) is 10.2. The molecule has 0 bridgehead atoms. The highest BCUT2D eigenvalue weighted by Gasteiger charge is 2.34. The maximum absolute atomic E-state index is 13.7. The molecular weight excluding hydrogens is 446 g/mol. The second-order valence-corrected chi connectivity index (χ2v) is 7.92. The predicted molar refractivity (Wildman–Crippen MR) is 121 cm³/mol. The largest absolute Gasteiger partial charge is 0.467 e. The van der Waals surface area contributed by atoms with E-state index in [1.54, 1.807) is 36.6 Å². The van der Waals surface area contributed by atoms with E-state index in [9.17, 15) is 8.78 Å². The highest BCUT2D eigenvalue weighted by atomic mass is 32.1. The van der Waals surface area contributed by atoms with Crippen LogP contribution >= 0.6 is 12.2 Å². The second kappa shape index (κ2) is 8.59. The van der Waals surface area contributed by atoms with E-state index >= 15 is 0 Å². The molecule has 1 aliphatic heterocycles. The van der Waals surface area contributed by atoms with Gasteiger partial charge in [0.05, 0.1) is 24.4 Å². The van der Waals surface area contributed by atoms with Crippen molar-refractivity contribution >= 4 is 22.9 Å². The summed E-state index contributed by atoms with van der Waals surface area (Å²) >= 11 is 5.64. The van der Waals surface area contributed by atoms with Gasteiger partial charge in [0, 0.05) is 11.3 Å². The highest BCUT2D eigenvalue weighted by molar-refractivity contribution is 7.80. The first-order valence-corrected chi connectivity index (χ1v) is 10.6. The van der Waals surface area contributed by atoms with E-state index in [0.717, 1.165) is 17.0 Å². The molecule has 6 nitrogen and oxygen atoms in total. The number of furan rings is 1. The van der Waals surface area contributed by atoms with Gasteiger partial charge in [0.1, 0.15) is 17.4 Å². The Labute approximate surface area is 193 Å². The summed E-state index contributed by atoms with van der Waals surface area (Å²) in [7, 11) is 0. The molecule has 0 saturated heterocycles. The second-order valence-electron chi connectivity index (χ2n) is 7.53. The third-order valence-electron chi connectivity index (χ3n) is 5.43. The van der Waals surface area contributed by atoms with E-state index in [4.69, 9.17) is 21.2 Å². The summed E-state index contributed by atoms with van der Waals surface area (Å²) in [5, 5.41) is 7.83. The molecule has 0 saturated carbocycles. The standard InChI is InChI=1S/C24H18F2N4O2S/c1-14-20(23-28-22(29-32-23)16-4-2-5-18(26)12-16)21(15-7-9-17(25)10-8-15)27-24(33)30(14)13-19-6-3-11-31-19/h2-12,21H,13H2,1H3,(H,27,33). The lowest BCUT2D eigenvalue weighted by molar-refractivity contribution is 0.382. The zero-order chi connectivity index (χ0) is 22.9. The number of allylic oxidation sites excluding steroid dienone is 1. The number of aromatic nitrogens is 2. The summed E-state index contributed by atoms with van der Waals surface area (Å²) in [5.41, 5.74) is 2.72. The maximum atomic E-state index is 13.7. The van der Waals surface area contributed by atoms with Crippen molar-refractivity contribution in [3.05, 3.63) is 101 Å². The summed E-state index contributed by atoms with van der Waals surface area (Å²) in [6.07, 6.45) is 1.60. The van der Waals surface area contributed by atoms with Crippen LogP contribution in [0.4, 0.5) is 8.78 Å². The quantitative estimate of drug-likeness (QED) is 0.393. The van der Waals surface area contributed by atoms with Gasteiger partial charge in [-0.2, -0.15) is 4.98 Å². The molecule has 0 amide bonds. The van der Waals surface area contributed by atoms with Crippen molar-refractivity contribution in [3.63, 3.8) is 0 Å². The molecule has 1 unspecified atom stereocenters. The van der Waals surface area contributed by atoms with Crippen molar-refractivity contribution in [1.82, 2.24) is 20.4 Å². The number of nitrogens with zero attached hydrogens (tertiary/aromatic N) is 3. The van der Waals surface area contributed by atoms with Gasteiger partial charge in [0.15, 0.2) is 5.11 Å². The number of hydrogen-bond donors (Lipinski definition) is 1. The van der Waals surface area contributed by atoms with Crippen LogP contribution < -0.4 is 5.32 Å². The van der Waals surface area contributed by atoms with Crippen molar-refractivity contribution in [3.8, 4) is 11.4 Å². The minimum Gasteiger partial charge on any atom is -0.467 e. The Morgan fingerprint density at radius 3 is 2.61 bits per heavy atom. The van der Waals surface area contributed by atoms with Crippen molar-refractivity contribution in [2.24, 2.45) is 0 Å². The molecule has 2 aromatic heterocycles. The zero-order valence-corrected chi connectivity index (χ0v) is 18.3. The van der Waals surface area contributed by atoms with E-state index in [2.05, 4.69) is 15.5 Å². The Hall–Kier alpha value is -3.85. The van der Waals surface area contributed by atoms with Gasteiger partial charge in [-0.05, 0) is 61.1 Å². The van der Waals surface area contributed by atoms with Crippen LogP contribution in [0.2, 0.25) is 0 Å². The van der Waals surface area contributed by atoms with Gasteiger partial charge in [-0.3, -0.25) is 0 Å². The number of nitrogens with one attached hydrogen (secondary N) is 1. The van der Waals surface area contributed by atoms with Crippen LogP contribution in [0, 0.1) is 11.6 Å². The monoisotopic (exact) mass is 464 g/mol. The molecule has 5 rings (SSSR count). The molecule has 3 heterocycles.